The van der Waals surface area contributed by atoms with Gasteiger partial charge in [0.2, 0.25) is 5.78 Å². The van der Waals surface area contributed by atoms with E-state index in [-0.39, 0.29) is 0 Å². The lowest BCUT2D eigenvalue weighted by atomic mass is 9.83. The zero-order valence-electron chi connectivity index (χ0n) is 14.5. The number of ketones is 1. The third-order valence-electron chi connectivity index (χ3n) is 4.48. The van der Waals surface area contributed by atoms with Gasteiger partial charge < -0.3 is 10.1 Å². The monoisotopic (exact) mass is 345 g/mol. The van der Waals surface area contributed by atoms with Crippen LogP contribution in [0.25, 0.3) is 0 Å². The second-order valence-electron chi connectivity index (χ2n) is 5.91. The molecule has 0 bridgehead atoms. The number of carbonyl (C=O) groups is 2. The predicted octanol–water partition coefficient (Wildman–Crippen LogP) is 3.14. The minimum absolute atomic E-state index is 0.293. The molecule has 1 fully saturated rings. The summed E-state index contributed by atoms with van der Waals surface area (Å²) in [5.41, 5.74) is 3.76. The van der Waals surface area contributed by atoms with Crippen LogP contribution in [0.4, 0.5) is 0 Å². The summed E-state index contributed by atoms with van der Waals surface area (Å²) in [5.74, 6) is 0.964. The van der Waals surface area contributed by atoms with Crippen LogP contribution in [0, 0.1) is 5.92 Å². The number of aldehydes is 1. The van der Waals surface area contributed by atoms with E-state index in [4.69, 9.17) is 4.74 Å². The topological polar surface area (TPSA) is 55.4 Å². The van der Waals surface area contributed by atoms with E-state index < -0.39 is 5.78 Å². The summed E-state index contributed by atoms with van der Waals surface area (Å²) in [6, 6.07) is 6.37. The Labute approximate surface area is 145 Å². The molecule has 128 valence electrons. The van der Waals surface area contributed by atoms with Crippen LogP contribution in [0.5, 0.6) is 5.75 Å². The van der Waals surface area contributed by atoms with Crippen LogP contribution >= 0.6 is 8.20 Å². The van der Waals surface area contributed by atoms with Crippen molar-refractivity contribution in [1.82, 2.24) is 5.32 Å². The third-order valence-corrected chi connectivity index (χ3v) is 5.98. The van der Waals surface area contributed by atoms with Gasteiger partial charge in [0.25, 0.3) is 0 Å². The first-order chi connectivity index (χ1) is 11.6. The van der Waals surface area contributed by atoms with E-state index in [0.717, 1.165) is 12.5 Å². The molecule has 1 heterocycles. The van der Waals surface area contributed by atoms with Crippen LogP contribution in [0.15, 0.2) is 35.4 Å². The molecule has 24 heavy (non-hydrogen) atoms. The molecular formula is C19H24NO3P. The van der Waals surface area contributed by atoms with E-state index in [1.807, 2.05) is 0 Å². The first-order valence-corrected chi connectivity index (χ1v) is 9.20. The average Bonchev–Trinajstić information content (AvgIpc) is 2.59. The molecule has 1 atom stereocenters. The highest BCUT2D eigenvalue weighted by molar-refractivity contribution is 7.41. The maximum atomic E-state index is 10.8. The van der Waals surface area contributed by atoms with E-state index in [0.29, 0.717) is 17.6 Å². The summed E-state index contributed by atoms with van der Waals surface area (Å²) in [6.07, 6.45) is 4.38. The molecule has 0 saturated heterocycles. The van der Waals surface area contributed by atoms with Gasteiger partial charge in [-0.05, 0) is 68.1 Å². The summed E-state index contributed by atoms with van der Waals surface area (Å²) in [5, 5.41) is 5.02. The van der Waals surface area contributed by atoms with E-state index in [2.05, 4.69) is 19.3 Å². The smallest absolute Gasteiger partial charge is 0.225 e. The summed E-state index contributed by atoms with van der Waals surface area (Å²) < 4.78 is 4.88. The molecule has 0 spiro atoms. The number of carbonyl (C=O) groups excluding carboxylic acids is 2. The number of hydrogen-bond donors (Lipinski definition) is 1. The molecule has 0 radical (unpaired) electrons. The summed E-state index contributed by atoms with van der Waals surface area (Å²) in [4.78, 5) is 20.9. The van der Waals surface area contributed by atoms with Crippen molar-refractivity contribution in [2.75, 3.05) is 26.9 Å². The average molecular weight is 345 g/mol. The molecule has 1 N–H and O–H groups in total. The van der Waals surface area contributed by atoms with Gasteiger partial charge in [0, 0.05) is 18.0 Å². The molecule has 0 amide bonds. The Morgan fingerprint density at radius 2 is 2.04 bits per heavy atom. The highest BCUT2D eigenvalue weighted by Crippen LogP contribution is 2.38. The molecule has 1 aliphatic heterocycles. The van der Waals surface area contributed by atoms with Gasteiger partial charge in [0.05, 0.1) is 7.11 Å². The summed E-state index contributed by atoms with van der Waals surface area (Å²) in [7, 11) is 5.20. The van der Waals surface area contributed by atoms with Crippen LogP contribution in [0.2, 0.25) is 0 Å². The fourth-order valence-corrected chi connectivity index (χ4v) is 4.44. The highest BCUT2D eigenvalue weighted by Gasteiger charge is 2.26. The molecule has 2 aliphatic rings. The Balaban J connectivity index is 0.000000174. The Kier molecular flexibility index (Phi) is 6.89. The van der Waals surface area contributed by atoms with Gasteiger partial charge in [-0.15, -0.1) is 8.20 Å². The van der Waals surface area contributed by atoms with Gasteiger partial charge >= 0.3 is 0 Å². The third kappa shape index (κ3) is 4.40. The first-order valence-electron chi connectivity index (χ1n) is 8.12. The normalized spacial score (nSPS) is 19.1. The number of Topliss-reactive ketones (excluding diaryl/α,β-unsaturated/α-hetero) is 1. The van der Waals surface area contributed by atoms with Gasteiger partial charge in [0.1, 0.15) is 5.75 Å². The SMILES string of the molecule is CNCC1CP=C2CCC2=C1C.COc1ccc(C(=O)C=O)cc1. The lowest BCUT2D eigenvalue weighted by Gasteiger charge is -2.32. The van der Waals surface area contributed by atoms with E-state index in [1.54, 1.807) is 48.9 Å². The summed E-state index contributed by atoms with van der Waals surface area (Å²) in [6.45, 7) is 3.49. The van der Waals surface area contributed by atoms with Gasteiger partial charge in [-0.1, -0.05) is 5.57 Å². The van der Waals surface area contributed by atoms with Gasteiger partial charge in [-0.2, -0.15) is 0 Å². The number of methoxy groups -OCH3 is 1. The molecule has 1 saturated carbocycles. The molecule has 4 nitrogen and oxygen atoms in total. The van der Waals surface area contributed by atoms with Crippen molar-refractivity contribution in [1.29, 1.82) is 0 Å². The van der Waals surface area contributed by atoms with Crippen LogP contribution in [0.1, 0.15) is 30.1 Å². The number of nitrogens with one attached hydrogen (secondary N) is 1. The summed E-state index contributed by atoms with van der Waals surface area (Å²) >= 11 is 0. The van der Waals surface area contributed by atoms with Crippen molar-refractivity contribution in [3.63, 3.8) is 0 Å². The Bertz CT molecular complexity index is 662. The van der Waals surface area contributed by atoms with Crippen molar-refractivity contribution in [3.8, 4) is 5.75 Å². The number of rotatable bonds is 5. The minimum atomic E-state index is -0.516. The maximum absolute atomic E-state index is 10.8. The lowest BCUT2D eigenvalue weighted by Crippen LogP contribution is -2.28. The van der Waals surface area contributed by atoms with Gasteiger partial charge in [-0.3, -0.25) is 9.59 Å². The van der Waals surface area contributed by atoms with Crippen molar-refractivity contribution in [3.05, 3.63) is 41.0 Å². The molecule has 5 heteroatoms. The van der Waals surface area contributed by atoms with E-state index >= 15 is 0 Å². The molecular weight excluding hydrogens is 321 g/mol. The van der Waals surface area contributed by atoms with Crippen molar-refractivity contribution < 1.29 is 14.3 Å². The van der Waals surface area contributed by atoms with Crippen LogP contribution in [0.3, 0.4) is 0 Å². The number of hydrogen-bond acceptors (Lipinski definition) is 4. The second kappa shape index (κ2) is 8.91. The minimum Gasteiger partial charge on any atom is -0.497 e. The van der Waals surface area contributed by atoms with Gasteiger partial charge in [-0.25, -0.2) is 0 Å². The number of allylic oxidation sites excluding steroid dienone is 1. The van der Waals surface area contributed by atoms with E-state index in [1.165, 1.54) is 26.1 Å². The van der Waals surface area contributed by atoms with Crippen LogP contribution < -0.4 is 10.1 Å². The van der Waals surface area contributed by atoms with Crippen molar-refractivity contribution in [2.45, 2.75) is 19.8 Å². The van der Waals surface area contributed by atoms with Crippen LogP contribution in [-0.4, -0.2) is 44.2 Å². The molecule has 1 unspecified atom stereocenters. The van der Waals surface area contributed by atoms with Crippen LogP contribution in [-0.2, 0) is 4.79 Å². The number of benzene rings is 1. The molecule has 1 aromatic carbocycles. The fourth-order valence-electron chi connectivity index (χ4n) is 2.85. The number of ether oxygens (including phenoxy) is 1. The Morgan fingerprint density at radius 3 is 2.54 bits per heavy atom. The molecule has 1 aromatic rings. The molecule has 3 rings (SSSR count). The quantitative estimate of drug-likeness (QED) is 0.385. The second-order valence-corrected chi connectivity index (χ2v) is 7.14. The zero-order valence-corrected chi connectivity index (χ0v) is 15.4. The molecule has 0 aromatic heterocycles. The lowest BCUT2D eigenvalue weighted by molar-refractivity contribution is -0.104. The largest absolute Gasteiger partial charge is 0.497 e. The Hall–Kier alpha value is -1.77. The number of fused-ring (bicyclic) bond motifs is 1. The zero-order chi connectivity index (χ0) is 17.5. The van der Waals surface area contributed by atoms with Crippen molar-refractivity contribution in [2.24, 2.45) is 5.92 Å². The Morgan fingerprint density at radius 1 is 1.33 bits per heavy atom. The van der Waals surface area contributed by atoms with Gasteiger partial charge in [0.15, 0.2) is 6.29 Å². The highest BCUT2D eigenvalue weighted by atomic mass is 31.1. The fraction of sp³-hybridized carbons (Fsp3) is 0.421. The first kappa shape index (κ1) is 18.6. The molecule has 1 aliphatic carbocycles. The standard InChI is InChI=1S/C10H16NP.C9H8O3/c1-7-8(5-11-2)6-12-10-4-3-9(7)10;1-12-8-4-2-7(3-5-8)9(11)6-10/h8,11H,3-6H2,1-2H3;2-6H,1H3. The van der Waals surface area contributed by atoms with Crippen molar-refractivity contribution >= 4 is 25.6 Å². The predicted molar refractivity (Wildman–Crippen MR) is 99.5 cm³/mol. The van der Waals surface area contributed by atoms with E-state index in [9.17, 15) is 9.59 Å². The maximum Gasteiger partial charge on any atom is 0.225 e.